The Morgan fingerprint density at radius 2 is 2.12 bits per heavy atom. The molecular weight excluding hydrogens is 224 g/mol. The van der Waals surface area contributed by atoms with Gasteiger partial charge in [-0.3, -0.25) is 0 Å². The van der Waals surface area contributed by atoms with E-state index in [1.54, 1.807) is 6.07 Å². The molecule has 0 aliphatic heterocycles. The second kappa shape index (κ2) is 6.81. The van der Waals surface area contributed by atoms with E-state index in [4.69, 9.17) is 16.3 Å². The van der Waals surface area contributed by atoms with Crippen LogP contribution in [0, 0.1) is 12.8 Å². The van der Waals surface area contributed by atoms with E-state index in [0.29, 0.717) is 17.6 Å². The van der Waals surface area contributed by atoms with Gasteiger partial charge in [-0.1, -0.05) is 25.4 Å². The minimum atomic E-state index is 0.444. The number of hydrogen-bond donors (Lipinski definition) is 0. The van der Waals surface area contributed by atoms with Crippen molar-refractivity contribution in [3.05, 3.63) is 22.7 Å². The van der Waals surface area contributed by atoms with E-state index in [1.807, 2.05) is 6.92 Å². The predicted octanol–water partition coefficient (Wildman–Crippen LogP) is 3.39. The highest BCUT2D eigenvalue weighted by molar-refractivity contribution is 6.29. The second-order valence-corrected chi connectivity index (χ2v) is 4.72. The van der Waals surface area contributed by atoms with Gasteiger partial charge in [-0.2, -0.15) is 0 Å². The van der Waals surface area contributed by atoms with Crippen LogP contribution in [-0.4, -0.2) is 16.6 Å². The van der Waals surface area contributed by atoms with E-state index in [0.717, 1.165) is 24.6 Å². The fraction of sp³-hybridized carbons (Fsp3) is 0.667. The largest absolute Gasteiger partial charge is 0.373 e. The highest BCUT2D eigenvalue weighted by Crippen LogP contribution is 2.08. The molecule has 0 radical (unpaired) electrons. The smallest absolute Gasteiger partial charge is 0.155 e. The van der Waals surface area contributed by atoms with Crippen molar-refractivity contribution in [2.24, 2.45) is 5.92 Å². The lowest BCUT2D eigenvalue weighted by Gasteiger charge is -2.06. The molecule has 0 atom stereocenters. The Kier molecular flexibility index (Phi) is 5.71. The Balaban J connectivity index is 2.26. The average Bonchev–Trinajstić information content (AvgIpc) is 2.15. The average molecular weight is 243 g/mol. The second-order valence-electron chi connectivity index (χ2n) is 4.34. The van der Waals surface area contributed by atoms with Crippen molar-refractivity contribution in [2.75, 3.05) is 6.61 Å². The van der Waals surface area contributed by atoms with E-state index >= 15 is 0 Å². The van der Waals surface area contributed by atoms with Crippen molar-refractivity contribution in [3.63, 3.8) is 0 Å². The normalized spacial score (nSPS) is 11.1. The van der Waals surface area contributed by atoms with Gasteiger partial charge in [-0.15, -0.1) is 0 Å². The highest BCUT2D eigenvalue weighted by atomic mass is 35.5. The summed E-state index contributed by atoms with van der Waals surface area (Å²) in [7, 11) is 0. The molecule has 1 aromatic heterocycles. The van der Waals surface area contributed by atoms with Crippen molar-refractivity contribution in [1.82, 2.24) is 9.97 Å². The summed E-state index contributed by atoms with van der Waals surface area (Å²) >= 11 is 5.83. The fourth-order valence-corrected chi connectivity index (χ4v) is 1.67. The van der Waals surface area contributed by atoms with Gasteiger partial charge in [0.05, 0.1) is 0 Å². The van der Waals surface area contributed by atoms with Crippen LogP contribution in [-0.2, 0) is 11.3 Å². The van der Waals surface area contributed by atoms with Crippen molar-refractivity contribution < 1.29 is 4.74 Å². The van der Waals surface area contributed by atoms with Crippen LogP contribution in [0.15, 0.2) is 6.07 Å². The summed E-state index contributed by atoms with van der Waals surface area (Å²) in [5.41, 5.74) is 0.876. The number of rotatable bonds is 6. The van der Waals surface area contributed by atoms with Gasteiger partial charge in [0.2, 0.25) is 0 Å². The first kappa shape index (κ1) is 13.4. The lowest BCUT2D eigenvalue weighted by atomic mass is 10.1. The van der Waals surface area contributed by atoms with Crippen LogP contribution in [0.25, 0.3) is 0 Å². The van der Waals surface area contributed by atoms with E-state index in [-0.39, 0.29) is 0 Å². The number of halogens is 1. The topological polar surface area (TPSA) is 35.0 Å². The molecule has 0 aromatic carbocycles. The number of hydrogen-bond acceptors (Lipinski definition) is 3. The van der Waals surface area contributed by atoms with Crippen LogP contribution in [0.2, 0.25) is 5.15 Å². The van der Waals surface area contributed by atoms with Crippen molar-refractivity contribution in [1.29, 1.82) is 0 Å². The fourth-order valence-electron chi connectivity index (χ4n) is 1.41. The minimum Gasteiger partial charge on any atom is -0.373 e. The van der Waals surface area contributed by atoms with Gasteiger partial charge in [0.15, 0.2) is 5.82 Å². The summed E-state index contributed by atoms with van der Waals surface area (Å²) in [5, 5.41) is 0.480. The number of aryl methyl sites for hydroxylation is 1. The van der Waals surface area contributed by atoms with Crippen LogP contribution in [0.5, 0.6) is 0 Å². The Morgan fingerprint density at radius 1 is 1.38 bits per heavy atom. The van der Waals surface area contributed by atoms with Crippen LogP contribution >= 0.6 is 11.6 Å². The third kappa shape index (κ3) is 5.42. The standard InChI is InChI=1S/C12H19ClN2O/c1-9(2)5-4-6-16-8-12-14-10(3)7-11(13)15-12/h7,9H,4-6,8H2,1-3H3. The molecule has 3 nitrogen and oxygen atoms in total. The van der Waals surface area contributed by atoms with Crippen molar-refractivity contribution >= 4 is 11.6 Å². The van der Waals surface area contributed by atoms with E-state index in [1.165, 1.54) is 6.42 Å². The molecule has 4 heteroatoms. The van der Waals surface area contributed by atoms with Gasteiger partial charge in [-0.25, -0.2) is 9.97 Å². The quantitative estimate of drug-likeness (QED) is 0.567. The maximum Gasteiger partial charge on any atom is 0.155 e. The van der Waals surface area contributed by atoms with Gasteiger partial charge >= 0.3 is 0 Å². The van der Waals surface area contributed by atoms with Crippen LogP contribution in [0.1, 0.15) is 38.2 Å². The molecule has 0 aliphatic carbocycles. The minimum absolute atomic E-state index is 0.444. The van der Waals surface area contributed by atoms with Gasteiger partial charge in [0.1, 0.15) is 11.8 Å². The predicted molar refractivity (Wildman–Crippen MR) is 65.5 cm³/mol. The molecule has 0 aliphatic rings. The maximum absolute atomic E-state index is 5.83. The molecule has 1 rings (SSSR count). The van der Waals surface area contributed by atoms with Gasteiger partial charge < -0.3 is 4.74 Å². The molecule has 1 heterocycles. The lowest BCUT2D eigenvalue weighted by molar-refractivity contribution is 0.109. The molecule has 0 bridgehead atoms. The first-order valence-corrected chi connectivity index (χ1v) is 6.03. The summed E-state index contributed by atoms with van der Waals surface area (Å²) in [6.07, 6.45) is 2.27. The van der Waals surface area contributed by atoms with Gasteiger partial charge in [0, 0.05) is 12.3 Å². The van der Waals surface area contributed by atoms with Crippen LogP contribution < -0.4 is 0 Å². The van der Waals surface area contributed by atoms with E-state index in [9.17, 15) is 0 Å². The molecule has 0 saturated carbocycles. The zero-order valence-electron chi connectivity index (χ0n) is 10.2. The monoisotopic (exact) mass is 242 g/mol. The number of ether oxygens (including phenoxy) is 1. The Bertz CT molecular complexity index is 309. The summed E-state index contributed by atoms with van der Waals surface area (Å²) in [4.78, 5) is 8.34. The zero-order chi connectivity index (χ0) is 12.0. The summed E-state index contributed by atoms with van der Waals surface area (Å²) in [6.45, 7) is 7.52. The summed E-state index contributed by atoms with van der Waals surface area (Å²) in [6, 6.07) is 1.74. The van der Waals surface area contributed by atoms with Crippen LogP contribution in [0.4, 0.5) is 0 Å². The first-order chi connectivity index (χ1) is 7.58. The molecular formula is C12H19ClN2O. The lowest BCUT2D eigenvalue weighted by Crippen LogP contribution is -2.02. The summed E-state index contributed by atoms with van der Waals surface area (Å²) in [5.74, 6) is 1.39. The molecule has 0 spiro atoms. The van der Waals surface area contributed by atoms with Gasteiger partial charge in [-0.05, 0) is 31.7 Å². The molecule has 90 valence electrons. The molecule has 0 N–H and O–H groups in total. The third-order valence-electron chi connectivity index (χ3n) is 2.17. The number of nitrogens with zero attached hydrogens (tertiary/aromatic N) is 2. The molecule has 0 saturated heterocycles. The third-order valence-corrected chi connectivity index (χ3v) is 2.36. The molecule has 0 amide bonds. The zero-order valence-corrected chi connectivity index (χ0v) is 10.9. The van der Waals surface area contributed by atoms with Crippen molar-refractivity contribution in [2.45, 2.75) is 40.2 Å². The van der Waals surface area contributed by atoms with E-state index in [2.05, 4.69) is 23.8 Å². The molecule has 0 fully saturated rings. The highest BCUT2D eigenvalue weighted by Gasteiger charge is 2.01. The Morgan fingerprint density at radius 3 is 2.75 bits per heavy atom. The van der Waals surface area contributed by atoms with Crippen LogP contribution in [0.3, 0.4) is 0 Å². The van der Waals surface area contributed by atoms with Gasteiger partial charge in [0.25, 0.3) is 0 Å². The Hall–Kier alpha value is -0.670. The first-order valence-electron chi connectivity index (χ1n) is 5.65. The van der Waals surface area contributed by atoms with Crippen molar-refractivity contribution in [3.8, 4) is 0 Å². The molecule has 1 aromatic rings. The van der Waals surface area contributed by atoms with E-state index < -0.39 is 0 Å². The maximum atomic E-state index is 5.83. The molecule has 0 unspecified atom stereocenters. The molecule has 16 heavy (non-hydrogen) atoms. The summed E-state index contributed by atoms with van der Waals surface area (Å²) < 4.78 is 5.50. The Labute approximate surface area is 102 Å². The SMILES string of the molecule is Cc1cc(Cl)nc(COCCCC(C)C)n1. The number of aromatic nitrogens is 2.